The SMILES string of the molecule is CC(=O)c1cc(-c2ccc(F)cc2)cn1C. The molecule has 2 aromatic rings. The number of nitrogens with zero attached hydrogens (tertiary/aromatic N) is 1. The largest absolute Gasteiger partial charge is 0.348 e. The number of halogens is 1. The van der Waals surface area contributed by atoms with E-state index in [-0.39, 0.29) is 11.6 Å². The van der Waals surface area contributed by atoms with Crippen molar-refractivity contribution in [3.63, 3.8) is 0 Å². The fourth-order valence-corrected chi connectivity index (χ4v) is 1.71. The van der Waals surface area contributed by atoms with E-state index in [0.717, 1.165) is 11.1 Å². The quantitative estimate of drug-likeness (QED) is 0.709. The summed E-state index contributed by atoms with van der Waals surface area (Å²) >= 11 is 0. The van der Waals surface area contributed by atoms with Crippen LogP contribution in [-0.2, 0) is 7.05 Å². The first-order valence-electron chi connectivity index (χ1n) is 5.01. The molecule has 0 amide bonds. The minimum absolute atomic E-state index is 0.0239. The molecule has 0 N–H and O–H groups in total. The second-order valence-electron chi connectivity index (χ2n) is 3.79. The first-order valence-corrected chi connectivity index (χ1v) is 5.01. The number of aryl methyl sites for hydroxylation is 1. The summed E-state index contributed by atoms with van der Waals surface area (Å²) in [4.78, 5) is 11.3. The standard InChI is InChI=1S/C13H12FNO/c1-9(16)13-7-11(8-15(13)2)10-3-5-12(14)6-4-10/h3-8H,1-2H3. The van der Waals surface area contributed by atoms with Gasteiger partial charge in [-0.3, -0.25) is 4.79 Å². The van der Waals surface area contributed by atoms with Gasteiger partial charge in [0, 0.05) is 25.7 Å². The fourth-order valence-electron chi connectivity index (χ4n) is 1.71. The Bertz CT molecular complexity index is 525. The first kappa shape index (κ1) is 10.6. The molecule has 0 bridgehead atoms. The van der Waals surface area contributed by atoms with Gasteiger partial charge in [0.05, 0.1) is 5.69 Å². The molecule has 0 saturated heterocycles. The van der Waals surface area contributed by atoms with Crippen LogP contribution in [0.25, 0.3) is 11.1 Å². The molecule has 0 atom stereocenters. The summed E-state index contributed by atoms with van der Waals surface area (Å²) in [6.07, 6.45) is 1.87. The van der Waals surface area contributed by atoms with Crippen molar-refractivity contribution < 1.29 is 9.18 Å². The predicted octanol–water partition coefficient (Wildman–Crippen LogP) is 3.03. The van der Waals surface area contributed by atoms with Gasteiger partial charge in [-0.05, 0) is 23.8 Å². The summed E-state index contributed by atoms with van der Waals surface area (Å²) in [7, 11) is 1.82. The topological polar surface area (TPSA) is 22.0 Å². The smallest absolute Gasteiger partial charge is 0.176 e. The van der Waals surface area contributed by atoms with E-state index >= 15 is 0 Å². The Labute approximate surface area is 93.3 Å². The number of hydrogen-bond donors (Lipinski definition) is 0. The molecule has 0 saturated carbocycles. The highest BCUT2D eigenvalue weighted by molar-refractivity contribution is 5.94. The number of carbonyl (C=O) groups excluding carboxylic acids is 1. The lowest BCUT2D eigenvalue weighted by Crippen LogP contribution is -1.99. The fraction of sp³-hybridized carbons (Fsp3) is 0.154. The lowest BCUT2D eigenvalue weighted by atomic mass is 10.1. The molecule has 3 heteroatoms. The van der Waals surface area contributed by atoms with Crippen LogP contribution in [0.2, 0.25) is 0 Å². The molecular formula is C13H12FNO. The molecular weight excluding hydrogens is 205 g/mol. The maximum atomic E-state index is 12.8. The van der Waals surface area contributed by atoms with Crippen LogP contribution < -0.4 is 0 Å². The van der Waals surface area contributed by atoms with Crippen LogP contribution in [0.5, 0.6) is 0 Å². The van der Waals surface area contributed by atoms with E-state index in [1.54, 1.807) is 16.7 Å². The molecule has 0 unspecified atom stereocenters. The van der Waals surface area contributed by atoms with E-state index in [1.165, 1.54) is 19.1 Å². The molecule has 16 heavy (non-hydrogen) atoms. The van der Waals surface area contributed by atoms with E-state index in [4.69, 9.17) is 0 Å². The van der Waals surface area contributed by atoms with E-state index in [9.17, 15) is 9.18 Å². The number of carbonyl (C=O) groups is 1. The van der Waals surface area contributed by atoms with Crippen LogP contribution >= 0.6 is 0 Å². The van der Waals surface area contributed by atoms with Crippen molar-refractivity contribution in [1.29, 1.82) is 0 Å². The minimum Gasteiger partial charge on any atom is -0.348 e. The van der Waals surface area contributed by atoms with Crippen molar-refractivity contribution in [3.05, 3.63) is 48.0 Å². The second kappa shape index (κ2) is 3.93. The lowest BCUT2D eigenvalue weighted by Gasteiger charge is -1.96. The Balaban J connectivity index is 2.45. The van der Waals surface area contributed by atoms with Gasteiger partial charge >= 0.3 is 0 Å². The van der Waals surface area contributed by atoms with Gasteiger partial charge in [-0.25, -0.2) is 4.39 Å². The third-order valence-corrected chi connectivity index (χ3v) is 2.54. The maximum absolute atomic E-state index is 12.8. The first-order chi connectivity index (χ1) is 7.58. The summed E-state index contributed by atoms with van der Waals surface area (Å²) in [5, 5.41) is 0. The zero-order valence-electron chi connectivity index (χ0n) is 9.20. The molecule has 2 rings (SSSR count). The van der Waals surface area contributed by atoms with E-state index in [2.05, 4.69) is 0 Å². The summed E-state index contributed by atoms with van der Waals surface area (Å²) in [5.41, 5.74) is 2.48. The third-order valence-electron chi connectivity index (χ3n) is 2.54. The molecule has 0 aliphatic heterocycles. The molecule has 0 aliphatic rings. The number of ketones is 1. The van der Waals surface area contributed by atoms with Gasteiger partial charge in [-0.2, -0.15) is 0 Å². The van der Waals surface area contributed by atoms with Crippen molar-refractivity contribution in [2.45, 2.75) is 6.92 Å². The Kier molecular flexibility index (Phi) is 2.60. The highest BCUT2D eigenvalue weighted by atomic mass is 19.1. The monoisotopic (exact) mass is 217 g/mol. The molecule has 82 valence electrons. The average Bonchev–Trinajstić information content (AvgIpc) is 2.61. The lowest BCUT2D eigenvalue weighted by molar-refractivity contribution is 0.101. The van der Waals surface area contributed by atoms with Crippen LogP contribution in [0.1, 0.15) is 17.4 Å². The minimum atomic E-state index is -0.258. The maximum Gasteiger partial charge on any atom is 0.176 e. The van der Waals surface area contributed by atoms with Crippen LogP contribution in [0.3, 0.4) is 0 Å². The summed E-state index contributed by atoms with van der Waals surface area (Å²) in [6.45, 7) is 1.53. The Morgan fingerprint density at radius 2 is 1.81 bits per heavy atom. The molecule has 1 aromatic heterocycles. The number of aromatic nitrogens is 1. The van der Waals surface area contributed by atoms with Crippen molar-refractivity contribution in [1.82, 2.24) is 4.57 Å². The summed E-state index contributed by atoms with van der Waals surface area (Å²) in [6, 6.07) is 8.05. The summed E-state index contributed by atoms with van der Waals surface area (Å²) in [5.74, 6) is -0.234. The van der Waals surface area contributed by atoms with Crippen molar-refractivity contribution >= 4 is 5.78 Å². The molecule has 1 aromatic carbocycles. The van der Waals surface area contributed by atoms with E-state index in [0.29, 0.717) is 5.69 Å². The second-order valence-corrected chi connectivity index (χ2v) is 3.79. The van der Waals surface area contributed by atoms with Crippen molar-refractivity contribution in [2.24, 2.45) is 7.05 Å². The molecule has 0 spiro atoms. The van der Waals surface area contributed by atoms with Gasteiger partial charge in [0.1, 0.15) is 5.82 Å². The van der Waals surface area contributed by atoms with Crippen LogP contribution in [0, 0.1) is 5.82 Å². The van der Waals surface area contributed by atoms with Crippen LogP contribution in [0.4, 0.5) is 4.39 Å². The van der Waals surface area contributed by atoms with E-state index < -0.39 is 0 Å². The third kappa shape index (κ3) is 1.89. The molecule has 0 radical (unpaired) electrons. The molecule has 1 heterocycles. The molecule has 2 nitrogen and oxygen atoms in total. The number of hydrogen-bond acceptors (Lipinski definition) is 1. The van der Waals surface area contributed by atoms with Gasteiger partial charge in [0.25, 0.3) is 0 Å². The highest BCUT2D eigenvalue weighted by Crippen LogP contribution is 2.22. The number of rotatable bonds is 2. The molecule has 0 aliphatic carbocycles. The van der Waals surface area contributed by atoms with Gasteiger partial charge < -0.3 is 4.57 Å². The van der Waals surface area contributed by atoms with Crippen molar-refractivity contribution in [2.75, 3.05) is 0 Å². The number of benzene rings is 1. The van der Waals surface area contributed by atoms with Gasteiger partial charge in [0.15, 0.2) is 5.78 Å². The Morgan fingerprint density at radius 1 is 1.19 bits per heavy atom. The Hall–Kier alpha value is -1.90. The summed E-state index contributed by atoms with van der Waals surface area (Å²) < 4.78 is 14.5. The zero-order chi connectivity index (χ0) is 11.7. The average molecular weight is 217 g/mol. The Morgan fingerprint density at radius 3 is 2.31 bits per heavy atom. The highest BCUT2D eigenvalue weighted by Gasteiger charge is 2.08. The predicted molar refractivity (Wildman–Crippen MR) is 60.8 cm³/mol. The number of Topliss-reactive ketones (excluding diaryl/α,β-unsaturated/α-hetero) is 1. The van der Waals surface area contributed by atoms with Crippen LogP contribution in [-0.4, -0.2) is 10.4 Å². The normalized spacial score (nSPS) is 10.4. The van der Waals surface area contributed by atoms with Gasteiger partial charge in [0.2, 0.25) is 0 Å². The van der Waals surface area contributed by atoms with Gasteiger partial charge in [-0.15, -0.1) is 0 Å². The zero-order valence-corrected chi connectivity index (χ0v) is 9.20. The van der Waals surface area contributed by atoms with Crippen molar-refractivity contribution in [3.8, 4) is 11.1 Å². The van der Waals surface area contributed by atoms with Gasteiger partial charge in [-0.1, -0.05) is 12.1 Å². The molecule has 0 fully saturated rings. The van der Waals surface area contributed by atoms with E-state index in [1.807, 2.05) is 19.3 Å². The van der Waals surface area contributed by atoms with Crippen LogP contribution in [0.15, 0.2) is 36.5 Å².